The van der Waals surface area contributed by atoms with Crippen LogP contribution in [0.2, 0.25) is 0 Å². The van der Waals surface area contributed by atoms with Crippen LogP contribution in [0.1, 0.15) is 26.3 Å². The molecule has 1 N–H and O–H groups in total. The number of rotatable bonds is 3. The quantitative estimate of drug-likeness (QED) is 0.859. The standard InChI is InChI=1S/C17H17NO4.C2H6/c1-2-21-17(20)11-18-10-12-7-8-13(19)9-16(12)22-15-6-4-3-5-14(15)18;1-2/h3-9,19H,2,10-11H2,1H3;1-2H3. The number of carbonyl (C=O) groups excluding carboxylic acids is 1. The van der Waals surface area contributed by atoms with Crippen molar-refractivity contribution in [1.29, 1.82) is 0 Å². The molecule has 0 saturated heterocycles. The average molecular weight is 329 g/mol. The number of nitrogens with zero attached hydrogens (tertiary/aromatic N) is 1. The maximum atomic E-state index is 11.9. The molecule has 128 valence electrons. The summed E-state index contributed by atoms with van der Waals surface area (Å²) < 4.78 is 10.9. The smallest absolute Gasteiger partial charge is 0.325 e. The zero-order valence-corrected chi connectivity index (χ0v) is 14.3. The molecular weight excluding hydrogens is 306 g/mol. The Kier molecular flexibility index (Phi) is 6.07. The molecule has 1 aliphatic heterocycles. The van der Waals surface area contributed by atoms with Crippen molar-refractivity contribution in [3.05, 3.63) is 48.0 Å². The highest BCUT2D eigenvalue weighted by Gasteiger charge is 2.22. The Hall–Kier alpha value is -2.69. The van der Waals surface area contributed by atoms with E-state index in [0.717, 1.165) is 11.3 Å². The first-order valence-corrected chi connectivity index (χ1v) is 8.16. The molecule has 24 heavy (non-hydrogen) atoms. The van der Waals surface area contributed by atoms with E-state index >= 15 is 0 Å². The highest BCUT2D eigenvalue weighted by atomic mass is 16.5. The largest absolute Gasteiger partial charge is 0.508 e. The Bertz CT molecular complexity index is 700. The molecule has 0 spiro atoms. The van der Waals surface area contributed by atoms with Gasteiger partial charge in [0.1, 0.15) is 18.0 Å². The van der Waals surface area contributed by atoms with E-state index in [-0.39, 0.29) is 18.3 Å². The number of hydrogen-bond donors (Lipinski definition) is 1. The number of fused-ring (bicyclic) bond motifs is 2. The summed E-state index contributed by atoms with van der Waals surface area (Å²) in [5.74, 6) is 1.12. The second-order valence-electron chi connectivity index (χ2n) is 5.02. The Morgan fingerprint density at radius 1 is 1.21 bits per heavy atom. The lowest BCUT2D eigenvalue weighted by Gasteiger charge is -2.22. The Balaban J connectivity index is 0.00000100. The summed E-state index contributed by atoms with van der Waals surface area (Å²) in [6, 6.07) is 12.5. The number of benzene rings is 2. The number of ether oxygens (including phenoxy) is 2. The molecule has 0 aromatic heterocycles. The van der Waals surface area contributed by atoms with E-state index in [0.29, 0.717) is 24.7 Å². The number of aromatic hydroxyl groups is 1. The van der Waals surface area contributed by atoms with Crippen LogP contribution in [0.3, 0.4) is 0 Å². The molecule has 3 rings (SSSR count). The fraction of sp³-hybridized carbons (Fsp3) is 0.316. The van der Waals surface area contributed by atoms with Gasteiger partial charge in [-0.15, -0.1) is 0 Å². The van der Waals surface area contributed by atoms with Gasteiger partial charge in [-0.3, -0.25) is 4.79 Å². The first kappa shape index (κ1) is 17.7. The van der Waals surface area contributed by atoms with Crippen molar-refractivity contribution in [3.8, 4) is 17.2 Å². The van der Waals surface area contributed by atoms with E-state index in [1.807, 2.05) is 43.0 Å². The summed E-state index contributed by atoms with van der Waals surface area (Å²) >= 11 is 0. The van der Waals surface area contributed by atoms with Crippen LogP contribution >= 0.6 is 0 Å². The van der Waals surface area contributed by atoms with Gasteiger partial charge in [-0.05, 0) is 31.2 Å². The zero-order chi connectivity index (χ0) is 17.5. The first-order chi connectivity index (χ1) is 11.7. The van der Waals surface area contributed by atoms with Gasteiger partial charge >= 0.3 is 5.97 Å². The molecule has 0 radical (unpaired) electrons. The minimum Gasteiger partial charge on any atom is -0.508 e. The van der Waals surface area contributed by atoms with Gasteiger partial charge < -0.3 is 19.5 Å². The summed E-state index contributed by atoms with van der Waals surface area (Å²) in [7, 11) is 0. The average Bonchev–Trinajstić information content (AvgIpc) is 2.73. The maximum Gasteiger partial charge on any atom is 0.325 e. The summed E-state index contributed by atoms with van der Waals surface area (Å²) in [5, 5.41) is 9.64. The molecule has 2 aromatic rings. The maximum absolute atomic E-state index is 11.9. The monoisotopic (exact) mass is 329 g/mol. The van der Waals surface area contributed by atoms with Crippen LogP contribution in [0.25, 0.3) is 0 Å². The number of carbonyl (C=O) groups is 1. The lowest BCUT2D eigenvalue weighted by molar-refractivity contribution is -0.141. The normalized spacial score (nSPS) is 11.9. The molecule has 0 aliphatic carbocycles. The highest BCUT2D eigenvalue weighted by molar-refractivity contribution is 5.77. The van der Waals surface area contributed by atoms with Crippen LogP contribution in [-0.2, 0) is 16.1 Å². The topological polar surface area (TPSA) is 59.0 Å². The van der Waals surface area contributed by atoms with Crippen LogP contribution in [0.5, 0.6) is 17.2 Å². The van der Waals surface area contributed by atoms with Crippen LogP contribution in [0, 0.1) is 0 Å². The van der Waals surface area contributed by atoms with Crippen LogP contribution < -0.4 is 9.64 Å². The van der Waals surface area contributed by atoms with Crippen molar-refractivity contribution in [2.45, 2.75) is 27.3 Å². The van der Waals surface area contributed by atoms with Gasteiger partial charge in [0.2, 0.25) is 0 Å². The van der Waals surface area contributed by atoms with Crippen molar-refractivity contribution in [1.82, 2.24) is 0 Å². The molecule has 0 amide bonds. The van der Waals surface area contributed by atoms with Gasteiger partial charge in [-0.25, -0.2) is 0 Å². The molecule has 2 aromatic carbocycles. The number of phenols is 1. The lowest BCUT2D eigenvalue weighted by atomic mass is 10.1. The molecular formula is C19H23NO4. The van der Waals surface area contributed by atoms with Crippen molar-refractivity contribution >= 4 is 11.7 Å². The van der Waals surface area contributed by atoms with E-state index in [2.05, 4.69) is 0 Å². The molecule has 0 saturated carbocycles. The van der Waals surface area contributed by atoms with Crippen molar-refractivity contribution in [3.63, 3.8) is 0 Å². The Labute approximate surface area is 142 Å². The third kappa shape index (κ3) is 3.98. The second kappa shape index (κ2) is 8.24. The number of anilines is 1. The van der Waals surface area contributed by atoms with Gasteiger partial charge in [0, 0.05) is 18.2 Å². The molecule has 0 unspecified atom stereocenters. The third-order valence-corrected chi connectivity index (χ3v) is 3.46. The fourth-order valence-corrected chi connectivity index (χ4v) is 2.49. The van der Waals surface area contributed by atoms with Gasteiger partial charge in [0.05, 0.1) is 12.3 Å². The van der Waals surface area contributed by atoms with E-state index in [1.54, 1.807) is 25.1 Å². The fourth-order valence-electron chi connectivity index (χ4n) is 2.49. The molecule has 1 heterocycles. The minimum atomic E-state index is -0.278. The lowest BCUT2D eigenvalue weighted by Crippen LogP contribution is -2.30. The Morgan fingerprint density at radius 2 is 1.96 bits per heavy atom. The van der Waals surface area contributed by atoms with E-state index < -0.39 is 0 Å². The van der Waals surface area contributed by atoms with Crippen molar-refractivity contribution in [2.24, 2.45) is 0 Å². The summed E-state index contributed by atoms with van der Waals surface area (Å²) in [5.41, 5.74) is 1.73. The first-order valence-electron chi connectivity index (χ1n) is 8.16. The van der Waals surface area contributed by atoms with Crippen molar-refractivity contribution in [2.75, 3.05) is 18.1 Å². The minimum absolute atomic E-state index is 0.147. The molecule has 0 fully saturated rings. The van der Waals surface area contributed by atoms with Crippen LogP contribution in [-0.4, -0.2) is 24.2 Å². The molecule has 1 aliphatic rings. The third-order valence-electron chi connectivity index (χ3n) is 3.46. The van der Waals surface area contributed by atoms with Gasteiger partial charge in [0.25, 0.3) is 0 Å². The molecule has 0 bridgehead atoms. The van der Waals surface area contributed by atoms with E-state index in [9.17, 15) is 9.90 Å². The zero-order valence-electron chi connectivity index (χ0n) is 14.3. The number of para-hydroxylation sites is 2. The highest BCUT2D eigenvalue weighted by Crippen LogP contribution is 2.39. The number of hydrogen-bond acceptors (Lipinski definition) is 5. The predicted octanol–water partition coefficient (Wildman–Crippen LogP) is 4.09. The van der Waals surface area contributed by atoms with Crippen molar-refractivity contribution < 1.29 is 19.4 Å². The van der Waals surface area contributed by atoms with Gasteiger partial charge in [-0.2, -0.15) is 0 Å². The summed E-state index contributed by atoms with van der Waals surface area (Å²) in [6.45, 7) is 6.80. The molecule has 0 atom stereocenters. The van der Waals surface area contributed by atoms with Gasteiger partial charge in [0.15, 0.2) is 5.75 Å². The van der Waals surface area contributed by atoms with Crippen LogP contribution in [0.15, 0.2) is 42.5 Å². The van der Waals surface area contributed by atoms with Gasteiger partial charge in [-0.1, -0.05) is 26.0 Å². The Morgan fingerprint density at radius 3 is 2.71 bits per heavy atom. The van der Waals surface area contributed by atoms with E-state index in [1.165, 1.54) is 0 Å². The summed E-state index contributed by atoms with van der Waals surface area (Å²) in [6.07, 6.45) is 0. The number of phenolic OH excluding ortho intramolecular Hbond substituents is 1. The summed E-state index contributed by atoms with van der Waals surface area (Å²) in [4.78, 5) is 13.8. The number of esters is 1. The molecule has 5 nitrogen and oxygen atoms in total. The molecule has 5 heteroatoms. The SMILES string of the molecule is CC.CCOC(=O)CN1Cc2ccc(O)cc2Oc2ccccc21. The predicted molar refractivity (Wildman–Crippen MR) is 93.7 cm³/mol. The second-order valence-corrected chi connectivity index (χ2v) is 5.02. The van der Waals surface area contributed by atoms with Crippen LogP contribution in [0.4, 0.5) is 5.69 Å². The van der Waals surface area contributed by atoms with E-state index in [4.69, 9.17) is 9.47 Å².